The summed E-state index contributed by atoms with van der Waals surface area (Å²) < 4.78 is 22.0. The molecule has 0 saturated carbocycles. The predicted molar refractivity (Wildman–Crippen MR) is 160 cm³/mol. The second kappa shape index (κ2) is 14.1. The summed E-state index contributed by atoms with van der Waals surface area (Å²) in [5, 5.41) is 17.9. The van der Waals surface area contributed by atoms with Gasteiger partial charge in [-0.1, -0.05) is 17.4 Å². The van der Waals surface area contributed by atoms with E-state index in [1.807, 2.05) is 12.1 Å². The smallest absolute Gasteiger partial charge is 0.226 e. The quantitative estimate of drug-likeness (QED) is 0.264. The SMILES string of the molecule is COCc1nnc(NC(=O)CCCNc2ccc3c(cc2=O)C(NC(C)=O)CCc2cc(OC)c(OC)c(OC)c2-3)s1. The summed E-state index contributed by atoms with van der Waals surface area (Å²) in [4.78, 5) is 37.9. The minimum absolute atomic E-state index is 0.196. The fourth-order valence-corrected chi connectivity index (χ4v) is 5.72. The fraction of sp³-hybridized carbons (Fsp3) is 0.414. The maximum Gasteiger partial charge on any atom is 0.226 e. The highest BCUT2D eigenvalue weighted by Gasteiger charge is 2.29. The molecule has 2 amide bonds. The lowest BCUT2D eigenvalue weighted by atomic mass is 9.95. The molecule has 1 atom stereocenters. The number of hydrogen-bond acceptors (Lipinski definition) is 11. The second-order valence-electron chi connectivity index (χ2n) is 9.61. The number of benzene rings is 1. The normalized spacial score (nSPS) is 13.7. The zero-order valence-electron chi connectivity index (χ0n) is 24.3. The lowest BCUT2D eigenvalue weighted by molar-refractivity contribution is -0.119. The molecular weight excluding hydrogens is 562 g/mol. The van der Waals surface area contributed by atoms with E-state index in [4.69, 9.17) is 18.9 Å². The summed E-state index contributed by atoms with van der Waals surface area (Å²) in [6, 6.07) is 6.64. The van der Waals surface area contributed by atoms with Crippen molar-refractivity contribution in [1.29, 1.82) is 0 Å². The molecule has 0 fully saturated rings. The number of nitrogens with zero attached hydrogens (tertiary/aromatic N) is 2. The largest absolute Gasteiger partial charge is 0.493 e. The van der Waals surface area contributed by atoms with Crippen molar-refractivity contribution in [2.24, 2.45) is 0 Å². The Morgan fingerprint density at radius 2 is 1.83 bits per heavy atom. The molecular formula is C29H35N5O7S. The van der Waals surface area contributed by atoms with E-state index >= 15 is 0 Å². The lowest BCUT2D eigenvalue weighted by Crippen LogP contribution is -2.26. The fourth-order valence-electron chi connectivity index (χ4n) is 4.99. The zero-order chi connectivity index (χ0) is 30.2. The Hall–Kier alpha value is -4.23. The van der Waals surface area contributed by atoms with E-state index in [2.05, 4.69) is 26.1 Å². The Kier molecular flexibility index (Phi) is 10.3. The van der Waals surface area contributed by atoms with Gasteiger partial charge in [0.25, 0.3) is 0 Å². The molecule has 1 aliphatic rings. The third kappa shape index (κ3) is 6.97. The van der Waals surface area contributed by atoms with Crippen LogP contribution >= 0.6 is 11.3 Å². The number of carbonyl (C=O) groups is 2. The average Bonchev–Trinajstić information content (AvgIpc) is 3.27. The van der Waals surface area contributed by atoms with Crippen molar-refractivity contribution < 1.29 is 28.5 Å². The highest BCUT2D eigenvalue weighted by atomic mass is 32.1. The molecule has 42 heavy (non-hydrogen) atoms. The molecule has 4 rings (SSSR count). The summed E-state index contributed by atoms with van der Waals surface area (Å²) in [6.45, 7) is 2.18. The van der Waals surface area contributed by atoms with Gasteiger partial charge in [-0.25, -0.2) is 0 Å². The number of methoxy groups -OCH3 is 4. The highest BCUT2D eigenvalue weighted by molar-refractivity contribution is 7.15. The number of anilines is 2. The Balaban J connectivity index is 1.59. The van der Waals surface area contributed by atoms with Crippen LogP contribution in [0.2, 0.25) is 0 Å². The molecule has 12 nitrogen and oxygen atoms in total. The van der Waals surface area contributed by atoms with Crippen LogP contribution in [0, 0.1) is 0 Å². The molecule has 0 saturated heterocycles. The van der Waals surface area contributed by atoms with Crippen LogP contribution in [0.3, 0.4) is 0 Å². The average molecular weight is 598 g/mol. The number of aromatic nitrogens is 2. The Morgan fingerprint density at radius 3 is 2.52 bits per heavy atom. The van der Waals surface area contributed by atoms with Crippen molar-refractivity contribution in [3.05, 3.63) is 50.6 Å². The monoisotopic (exact) mass is 597 g/mol. The van der Waals surface area contributed by atoms with E-state index in [1.165, 1.54) is 18.3 Å². The number of ether oxygens (including phenoxy) is 4. The minimum atomic E-state index is -0.395. The molecule has 2 aromatic carbocycles. The highest BCUT2D eigenvalue weighted by Crippen LogP contribution is 2.50. The van der Waals surface area contributed by atoms with Gasteiger partial charge in [0.2, 0.25) is 28.1 Å². The van der Waals surface area contributed by atoms with E-state index in [0.717, 1.165) is 16.7 Å². The molecule has 13 heteroatoms. The molecule has 224 valence electrons. The standard InChI is InChI=1S/C29H35N5O7S/c1-16(35)31-20-10-8-17-13-23(39-3)27(40-4)28(41-5)26(17)18-9-11-21(22(36)14-19(18)20)30-12-6-7-24(37)32-29-34-33-25(42-29)15-38-2/h9,11,13-14,20H,6-8,10,12,15H2,1-5H3,(H,30,36)(H,31,35)(H,32,34,37). The third-order valence-corrected chi connectivity index (χ3v) is 7.61. The maximum absolute atomic E-state index is 13.4. The van der Waals surface area contributed by atoms with Crippen LogP contribution < -0.4 is 35.6 Å². The van der Waals surface area contributed by atoms with E-state index in [-0.39, 0.29) is 23.7 Å². The van der Waals surface area contributed by atoms with Crippen molar-refractivity contribution >= 4 is 34.0 Å². The van der Waals surface area contributed by atoms with Crippen molar-refractivity contribution in [3.63, 3.8) is 0 Å². The van der Waals surface area contributed by atoms with E-state index < -0.39 is 6.04 Å². The van der Waals surface area contributed by atoms with Crippen molar-refractivity contribution in [2.45, 2.75) is 45.3 Å². The van der Waals surface area contributed by atoms with Crippen molar-refractivity contribution in [3.8, 4) is 28.4 Å². The first-order chi connectivity index (χ1) is 20.3. The minimum Gasteiger partial charge on any atom is -0.493 e. The van der Waals surface area contributed by atoms with Crippen molar-refractivity contribution in [1.82, 2.24) is 15.5 Å². The lowest BCUT2D eigenvalue weighted by Gasteiger charge is -2.19. The predicted octanol–water partition coefficient (Wildman–Crippen LogP) is 3.69. The first-order valence-electron chi connectivity index (χ1n) is 13.4. The summed E-state index contributed by atoms with van der Waals surface area (Å²) >= 11 is 1.26. The van der Waals surface area contributed by atoms with Gasteiger partial charge >= 0.3 is 0 Å². The van der Waals surface area contributed by atoms with E-state index in [0.29, 0.717) is 71.1 Å². The summed E-state index contributed by atoms with van der Waals surface area (Å²) in [5.74, 6) is 1.07. The third-order valence-electron chi connectivity index (χ3n) is 6.79. The molecule has 3 N–H and O–H groups in total. The molecule has 0 spiro atoms. The number of nitrogens with one attached hydrogen (secondary N) is 3. The van der Waals surface area contributed by atoms with Crippen LogP contribution in [0.15, 0.2) is 29.1 Å². The number of aryl methyl sites for hydroxylation is 1. The van der Waals surface area contributed by atoms with E-state index in [9.17, 15) is 14.4 Å². The van der Waals surface area contributed by atoms with Gasteiger partial charge in [0, 0.05) is 32.6 Å². The molecule has 3 aromatic rings. The molecule has 0 aliphatic heterocycles. The number of fused-ring (bicyclic) bond motifs is 3. The first kappa shape index (κ1) is 30.7. The van der Waals surface area contributed by atoms with Gasteiger partial charge in [-0.15, -0.1) is 10.2 Å². The molecule has 1 unspecified atom stereocenters. The van der Waals surface area contributed by atoms with Crippen LogP contribution in [0.5, 0.6) is 17.2 Å². The van der Waals surface area contributed by atoms with Crippen LogP contribution in [0.1, 0.15) is 48.4 Å². The number of rotatable bonds is 12. The molecule has 0 bridgehead atoms. The van der Waals surface area contributed by atoms with Gasteiger partial charge in [-0.05, 0) is 54.2 Å². The summed E-state index contributed by atoms with van der Waals surface area (Å²) in [6.07, 6.45) is 1.89. The Bertz CT molecular complexity index is 1510. The second-order valence-corrected chi connectivity index (χ2v) is 10.7. The Morgan fingerprint density at radius 1 is 1.05 bits per heavy atom. The number of hydrogen-bond donors (Lipinski definition) is 3. The molecule has 1 aliphatic carbocycles. The van der Waals surface area contributed by atoms with Gasteiger partial charge in [0.05, 0.1) is 33.1 Å². The van der Waals surface area contributed by atoms with Gasteiger partial charge < -0.3 is 34.9 Å². The van der Waals surface area contributed by atoms with Gasteiger partial charge in [-0.2, -0.15) is 0 Å². The van der Waals surface area contributed by atoms with Crippen LogP contribution in [0.4, 0.5) is 10.8 Å². The summed E-state index contributed by atoms with van der Waals surface area (Å²) in [5.41, 5.74) is 3.28. The molecule has 0 radical (unpaired) electrons. The zero-order valence-corrected chi connectivity index (χ0v) is 25.1. The van der Waals surface area contributed by atoms with Crippen LogP contribution in [0.25, 0.3) is 11.1 Å². The maximum atomic E-state index is 13.4. The molecule has 1 heterocycles. The topological polar surface area (TPSA) is 150 Å². The van der Waals surface area contributed by atoms with Crippen LogP contribution in [-0.2, 0) is 27.4 Å². The van der Waals surface area contributed by atoms with Gasteiger partial charge in [0.15, 0.2) is 11.5 Å². The number of carbonyl (C=O) groups excluding carboxylic acids is 2. The van der Waals surface area contributed by atoms with E-state index in [1.54, 1.807) is 40.6 Å². The van der Waals surface area contributed by atoms with Crippen molar-refractivity contribution in [2.75, 3.05) is 45.6 Å². The Labute approximate surface area is 247 Å². The first-order valence-corrected chi connectivity index (χ1v) is 14.2. The van der Waals surface area contributed by atoms with Gasteiger partial charge in [0.1, 0.15) is 11.6 Å². The summed E-state index contributed by atoms with van der Waals surface area (Å²) in [7, 11) is 6.23. The molecule has 1 aromatic heterocycles. The van der Waals surface area contributed by atoms with Crippen LogP contribution in [-0.4, -0.2) is 57.0 Å². The number of amides is 2. The van der Waals surface area contributed by atoms with Gasteiger partial charge in [-0.3, -0.25) is 14.4 Å².